The predicted octanol–water partition coefficient (Wildman–Crippen LogP) is 3.45. The quantitative estimate of drug-likeness (QED) is 0.506. The zero-order valence-corrected chi connectivity index (χ0v) is 18.9. The van der Waals surface area contributed by atoms with E-state index in [1.165, 1.54) is 7.11 Å². The predicted molar refractivity (Wildman–Crippen MR) is 105 cm³/mol. The van der Waals surface area contributed by atoms with E-state index in [1.54, 1.807) is 27.0 Å². The number of hydrogen-bond donors (Lipinski definition) is 1. The second kappa shape index (κ2) is 8.39. The molecule has 1 heterocycles. The van der Waals surface area contributed by atoms with Crippen LogP contribution < -0.4 is 0 Å². The Morgan fingerprint density at radius 2 is 1.65 bits per heavy atom. The highest BCUT2D eigenvalue weighted by atomic mass is 28.4. The van der Waals surface area contributed by atoms with Crippen molar-refractivity contribution in [2.75, 3.05) is 20.8 Å². The summed E-state index contributed by atoms with van der Waals surface area (Å²) in [6.07, 6.45) is 0.150. The van der Waals surface area contributed by atoms with Crippen molar-refractivity contribution in [2.45, 2.75) is 89.1 Å². The Bertz CT molecular complexity index is 477. The van der Waals surface area contributed by atoms with Gasteiger partial charge in [0.1, 0.15) is 12.2 Å². The van der Waals surface area contributed by atoms with Crippen LogP contribution in [0, 0.1) is 0 Å². The van der Waals surface area contributed by atoms with Gasteiger partial charge in [0.25, 0.3) is 0 Å². The zero-order valence-electron chi connectivity index (χ0n) is 17.9. The first kappa shape index (κ1) is 23.8. The van der Waals surface area contributed by atoms with E-state index >= 15 is 0 Å². The lowest BCUT2D eigenvalue weighted by Crippen LogP contribution is -2.68. The summed E-state index contributed by atoms with van der Waals surface area (Å²) >= 11 is 0. The number of rotatable bonds is 8. The largest absolute Gasteiger partial charge is 0.414 e. The summed E-state index contributed by atoms with van der Waals surface area (Å²) < 4.78 is 29.9. The molecule has 154 valence electrons. The zero-order chi connectivity index (χ0) is 20.4. The van der Waals surface area contributed by atoms with Crippen molar-refractivity contribution in [3.05, 3.63) is 12.7 Å². The maximum atomic E-state index is 10.6. The Balaban J connectivity index is 3.09. The fraction of sp³-hybridized carbons (Fsp3) is 0.895. The van der Waals surface area contributed by atoms with Crippen molar-refractivity contribution in [1.29, 1.82) is 0 Å². The van der Waals surface area contributed by atoms with Gasteiger partial charge < -0.3 is 28.5 Å². The van der Waals surface area contributed by atoms with Gasteiger partial charge in [0.05, 0.1) is 12.7 Å². The van der Waals surface area contributed by atoms with Crippen LogP contribution in [0.25, 0.3) is 0 Å². The highest BCUT2D eigenvalue weighted by molar-refractivity contribution is 6.74. The van der Waals surface area contributed by atoms with E-state index < -0.39 is 38.2 Å². The Morgan fingerprint density at radius 1 is 1.15 bits per heavy atom. The highest BCUT2D eigenvalue weighted by Crippen LogP contribution is 2.42. The van der Waals surface area contributed by atoms with Crippen molar-refractivity contribution in [3.63, 3.8) is 0 Å². The molecule has 1 N–H and O–H groups in total. The van der Waals surface area contributed by atoms with Gasteiger partial charge in [-0.15, -0.1) is 6.58 Å². The summed E-state index contributed by atoms with van der Waals surface area (Å²) in [5.74, 6) is -2.30. The van der Waals surface area contributed by atoms with Crippen LogP contribution in [0.4, 0.5) is 0 Å². The molecule has 1 rings (SSSR count). The van der Waals surface area contributed by atoms with E-state index in [2.05, 4.69) is 40.4 Å². The number of methoxy groups -OCH3 is 2. The maximum absolute atomic E-state index is 10.6. The van der Waals surface area contributed by atoms with E-state index in [1.807, 2.05) is 0 Å². The van der Waals surface area contributed by atoms with Crippen molar-refractivity contribution in [2.24, 2.45) is 0 Å². The van der Waals surface area contributed by atoms with Crippen molar-refractivity contribution < 1.29 is 28.5 Å². The van der Waals surface area contributed by atoms with Crippen LogP contribution in [0.1, 0.15) is 41.0 Å². The fourth-order valence-corrected chi connectivity index (χ4v) is 3.65. The molecule has 1 fully saturated rings. The first-order valence-corrected chi connectivity index (χ1v) is 12.1. The molecule has 0 amide bonds. The molecule has 0 unspecified atom stereocenters. The summed E-state index contributed by atoms with van der Waals surface area (Å²) in [5.41, 5.74) is 0. The summed E-state index contributed by atoms with van der Waals surface area (Å²) in [4.78, 5) is 0. The molecule has 0 radical (unpaired) electrons. The van der Waals surface area contributed by atoms with Crippen molar-refractivity contribution in [3.8, 4) is 0 Å². The van der Waals surface area contributed by atoms with Crippen molar-refractivity contribution >= 4 is 8.32 Å². The number of aliphatic hydroxyl groups is 1. The summed E-state index contributed by atoms with van der Waals surface area (Å²) in [5, 5.41) is 10.7. The van der Waals surface area contributed by atoms with Gasteiger partial charge in [-0.2, -0.15) is 0 Å². The molecule has 26 heavy (non-hydrogen) atoms. The van der Waals surface area contributed by atoms with Crippen LogP contribution in [-0.4, -0.2) is 64.1 Å². The smallest absolute Gasteiger partial charge is 0.220 e. The maximum Gasteiger partial charge on any atom is 0.220 e. The van der Waals surface area contributed by atoms with E-state index in [-0.39, 0.29) is 5.04 Å². The Morgan fingerprint density at radius 3 is 2.08 bits per heavy atom. The molecule has 0 aliphatic carbocycles. The fourth-order valence-electron chi connectivity index (χ4n) is 2.64. The third kappa shape index (κ3) is 4.76. The van der Waals surface area contributed by atoms with Crippen molar-refractivity contribution in [1.82, 2.24) is 0 Å². The minimum Gasteiger partial charge on any atom is -0.414 e. The SMILES string of the molecule is C=CC[C@H](O)[C@@H]1O[C@@](C)(OC)[C@](C)(OC)O[C@@H]1CO[Si](C)(C)C(C)(C)C. The molecule has 0 spiro atoms. The van der Waals surface area contributed by atoms with Gasteiger partial charge in [-0.05, 0) is 38.4 Å². The molecule has 0 bridgehead atoms. The normalized spacial score (nSPS) is 34.5. The molecular weight excluding hydrogens is 352 g/mol. The van der Waals surface area contributed by atoms with Crippen LogP contribution >= 0.6 is 0 Å². The molecule has 0 aromatic heterocycles. The monoisotopic (exact) mass is 390 g/mol. The Labute approximate surface area is 159 Å². The molecule has 0 aromatic rings. The second-order valence-corrected chi connectivity index (χ2v) is 13.5. The van der Waals surface area contributed by atoms with Gasteiger partial charge in [0.15, 0.2) is 8.32 Å². The van der Waals surface area contributed by atoms with Crippen LogP contribution in [0.15, 0.2) is 12.7 Å². The lowest BCUT2D eigenvalue weighted by atomic mass is 9.99. The average Bonchev–Trinajstić information content (AvgIpc) is 2.54. The van der Waals surface area contributed by atoms with E-state index in [0.717, 1.165) is 0 Å². The highest BCUT2D eigenvalue weighted by Gasteiger charge is 2.58. The first-order valence-electron chi connectivity index (χ1n) is 9.16. The molecule has 1 saturated heterocycles. The van der Waals surface area contributed by atoms with Gasteiger partial charge in [0.2, 0.25) is 11.6 Å². The van der Waals surface area contributed by atoms with Gasteiger partial charge >= 0.3 is 0 Å². The minimum atomic E-state index is -1.98. The number of ether oxygens (including phenoxy) is 4. The van der Waals surface area contributed by atoms with E-state index in [0.29, 0.717) is 13.0 Å². The van der Waals surface area contributed by atoms with Crippen LogP contribution in [0.3, 0.4) is 0 Å². The standard InChI is InChI=1S/C19H38O6Si/c1-11-12-14(20)16-15(13-23-26(9,10)17(2,3)4)24-18(5,21-7)19(6,22-8)25-16/h11,14-16,20H,1,12-13H2,2-10H3/t14-,15+,16-,18+,19+/m0/s1. The molecule has 1 aliphatic heterocycles. The summed E-state index contributed by atoms with van der Waals surface area (Å²) in [7, 11) is 1.10. The average molecular weight is 391 g/mol. The molecule has 0 saturated carbocycles. The van der Waals surface area contributed by atoms with E-state index in [9.17, 15) is 5.11 Å². The Hall–Kier alpha value is -0.283. The van der Waals surface area contributed by atoms with Crippen LogP contribution in [-0.2, 0) is 23.4 Å². The summed E-state index contributed by atoms with van der Waals surface area (Å²) in [6.45, 7) is 18.4. The lowest BCUT2D eigenvalue weighted by Gasteiger charge is -2.53. The van der Waals surface area contributed by atoms with Crippen LogP contribution in [0.5, 0.6) is 0 Å². The molecule has 0 aromatic carbocycles. The minimum absolute atomic E-state index is 0.0728. The number of hydrogen-bond acceptors (Lipinski definition) is 6. The molecule has 1 aliphatic rings. The molecule has 6 nitrogen and oxygen atoms in total. The second-order valence-electron chi connectivity index (χ2n) is 8.70. The molecule has 5 atom stereocenters. The van der Waals surface area contributed by atoms with Crippen LogP contribution in [0.2, 0.25) is 18.1 Å². The van der Waals surface area contributed by atoms with E-state index in [4.69, 9.17) is 23.4 Å². The third-order valence-corrected chi connectivity index (χ3v) is 10.4. The number of aliphatic hydroxyl groups excluding tert-OH is 1. The topological polar surface area (TPSA) is 66.4 Å². The van der Waals surface area contributed by atoms with Gasteiger partial charge in [-0.1, -0.05) is 26.8 Å². The van der Waals surface area contributed by atoms with Gasteiger partial charge in [0, 0.05) is 14.2 Å². The van der Waals surface area contributed by atoms with Gasteiger partial charge in [-0.25, -0.2) is 0 Å². The first-order chi connectivity index (χ1) is 11.8. The lowest BCUT2D eigenvalue weighted by molar-refractivity contribution is -0.455. The molecule has 7 heteroatoms. The summed E-state index contributed by atoms with van der Waals surface area (Å²) in [6, 6.07) is 0. The third-order valence-electron chi connectivity index (χ3n) is 5.91. The van der Waals surface area contributed by atoms with Gasteiger partial charge in [-0.3, -0.25) is 0 Å². The molecular formula is C19H38O6Si. The Kier molecular flexibility index (Phi) is 7.66.